The zero-order valence-corrected chi connectivity index (χ0v) is 19.0. The lowest BCUT2D eigenvalue weighted by atomic mass is 10.0. The quantitative estimate of drug-likeness (QED) is 0.323. The van der Waals surface area contributed by atoms with E-state index in [0.29, 0.717) is 26.7 Å². The summed E-state index contributed by atoms with van der Waals surface area (Å²) in [5, 5.41) is 13.6. The van der Waals surface area contributed by atoms with Crippen LogP contribution in [-0.2, 0) is 0 Å². The minimum atomic E-state index is -0.378. The Bertz CT molecular complexity index is 1280. The number of hydrogen-bond acceptors (Lipinski definition) is 4. The van der Waals surface area contributed by atoms with Crippen LogP contribution in [0.5, 0.6) is 5.75 Å². The monoisotopic (exact) mass is 509 g/mol. The van der Waals surface area contributed by atoms with E-state index < -0.39 is 0 Å². The van der Waals surface area contributed by atoms with E-state index in [2.05, 4.69) is 26.2 Å². The number of hydrogen-bond donors (Lipinski definition) is 2. The summed E-state index contributed by atoms with van der Waals surface area (Å²) in [7, 11) is 0. The molecule has 8 heteroatoms. The van der Waals surface area contributed by atoms with Gasteiger partial charge in [0, 0.05) is 16.4 Å². The van der Waals surface area contributed by atoms with Crippen LogP contribution in [0, 0.1) is 5.82 Å². The number of furan rings is 1. The van der Waals surface area contributed by atoms with Crippen LogP contribution < -0.4 is 10.2 Å². The second-order valence-electron chi connectivity index (χ2n) is 7.34. The number of halogens is 2. The molecule has 2 atom stereocenters. The van der Waals surface area contributed by atoms with E-state index in [-0.39, 0.29) is 23.7 Å². The number of aromatic nitrogens is 1. The summed E-state index contributed by atoms with van der Waals surface area (Å²) in [6.45, 7) is 0. The minimum absolute atomic E-state index is 0.163. The van der Waals surface area contributed by atoms with Crippen molar-refractivity contribution < 1.29 is 13.9 Å². The summed E-state index contributed by atoms with van der Waals surface area (Å²) in [5.74, 6) is 0.819. The lowest BCUT2D eigenvalue weighted by molar-refractivity contribution is 0.438. The lowest BCUT2D eigenvalue weighted by Crippen LogP contribution is -2.29. The molecule has 5 nitrogen and oxygen atoms in total. The molecule has 0 saturated carbocycles. The van der Waals surface area contributed by atoms with Gasteiger partial charge in [0.15, 0.2) is 5.11 Å². The normalized spacial score (nSPS) is 18.1. The molecule has 0 bridgehead atoms. The standard InChI is InChI=1S/C24H17BrFN3O2S/c25-14-4-9-17(18(26)13-14)20-10-11-21(31-20)23-22(19-3-1-2-12-27-19)28-24(32)29(23)15-5-7-16(30)8-6-15/h1-13,22-23,30H,(H,28,32)/t22-,23+/m1/s1. The van der Waals surface area contributed by atoms with E-state index in [0.717, 1.165) is 11.4 Å². The number of anilines is 1. The fourth-order valence-electron chi connectivity index (χ4n) is 3.88. The SMILES string of the molecule is Oc1ccc(N2C(=S)N[C@H](c3ccccn3)[C@@H]2c2ccc(-c3ccc(Br)cc3F)o2)cc1. The molecule has 2 aromatic heterocycles. The minimum Gasteiger partial charge on any atom is -0.508 e. The van der Waals surface area contributed by atoms with E-state index in [4.69, 9.17) is 16.6 Å². The van der Waals surface area contributed by atoms with Gasteiger partial charge < -0.3 is 19.7 Å². The number of thiocarbonyl (C=S) groups is 1. The topological polar surface area (TPSA) is 61.5 Å². The van der Waals surface area contributed by atoms with Crippen molar-refractivity contribution in [3.8, 4) is 17.1 Å². The first kappa shape index (κ1) is 20.7. The predicted molar refractivity (Wildman–Crippen MR) is 128 cm³/mol. The molecular weight excluding hydrogens is 493 g/mol. The molecule has 0 spiro atoms. The first-order chi connectivity index (χ1) is 15.5. The van der Waals surface area contributed by atoms with Crippen molar-refractivity contribution in [2.75, 3.05) is 4.90 Å². The van der Waals surface area contributed by atoms with E-state index in [9.17, 15) is 9.50 Å². The van der Waals surface area contributed by atoms with Gasteiger partial charge in [-0.25, -0.2) is 4.39 Å². The largest absolute Gasteiger partial charge is 0.508 e. The first-order valence-electron chi connectivity index (χ1n) is 9.86. The summed E-state index contributed by atoms with van der Waals surface area (Å²) < 4.78 is 21.4. The first-order valence-corrected chi connectivity index (χ1v) is 11.1. The van der Waals surface area contributed by atoms with E-state index in [1.165, 1.54) is 6.07 Å². The van der Waals surface area contributed by atoms with Gasteiger partial charge in [-0.3, -0.25) is 4.98 Å². The van der Waals surface area contributed by atoms with Gasteiger partial charge >= 0.3 is 0 Å². The van der Waals surface area contributed by atoms with E-state index >= 15 is 0 Å². The lowest BCUT2D eigenvalue weighted by Gasteiger charge is -2.26. The predicted octanol–water partition coefficient (Wildman–Crippen LogP) is 6.13. The van der Waals surface area contributed by atoms with Crippen molar-refractivity contribution in [1.29, 1.82) is 0 Å². The zero-order valence-electron chi connectivity index (χ0n) is 16.6. The Hall–Kier alpha value is -3.23. The van der Waals surface area contributed by atoms with E-state index in [1.54, 1.807) is 48.7 Å². The van der Waals surface area contributed by atoms with Gasteiger partial charge in [0.25, 0.3) is 0 Å². The number of nitrogens with zero attached hydrogens (tertiary/aromatic N) is 2. The highest BCUT2D eigenvalue weighted by molar-refractivity contribution is 9.10. The Morgan fingerprint density at radius 1 is 1.06 bits per heavy atom. The van der Waals surface area contributed by atoms with Crippen molar-refractivity contribution in [3.05, 3.63) is 101 Å². The third kappa shape index (κ3) is 3.76. The molecule has 1 fully saturated rings. The Morgan fingerprint density at radius 3 is 2.59 bits per heavy atom. The van der Waals surface area contributed by atoms with Gasteiger partial charge in [0.2, 0.25) is 0 Å². The molecule has 4 aromatic rings. The molecule has 0 unspecified atom stereocenters. The number of benzene rings is 2. The third-order valence-corrected chi connectivity index (χ3v) is 6.15. The molecular formula is C24H17BrFN3O2S. The highest BCUT2D eigenvalue weighted by atomic mass is 79.9. The van der Waals surface area contributed by atoms with Crippen molar-refractivity contribution in [2.24, 2.45) is 0 Å². The third-order valence-electron chi connectivity index (χ3n) is 5.34. The van der Waals surface area contributed by atoms with Gasteiger partial charge in [-0.2, -0.15) is 0 Å². The second-order valence-corrected chi connectivity index (χ2v) is 8.64. The van der Waals surface area contributed by atoms with Gasteiger partial charge in [0.1, 0.15) is 29.1 Å². The molecule has 0 amide bonds. The zero-order chi connectivity index (χ0) is 22.2. The Kier molecular flexibility index (Phi) is 5.40. The molecule has 2 aromatic carbocycles. The number of phenolic OH excluding ortho intramolecular Hbond substituents is 1. The fraction of sp³-hybridized carbons (Fsp3) is 0.0833. The Labute approximate surface area is 197 Å². The molecule has 32 heavy (non-hydrogen) atoms. The van der Waals surface area contributed by atoms with Crippen LogP contribution in [0.1, 0.15) is 23.5 Å². The molecule has 0 aliphatic carbocycles. The van der Waals surface area contributed by atoms with Crippen LogP contribution in [0.4, 0.5) is 10.1 Å². The van der Waals surface area contributed by atoms with Gasteiger partial charge in [-0.15, -0.1) is 0 Å². The Morgan fingerprint density at radius 2 is 1.88 bits per heavy atom. The molecule has 5 rings (SSSR count). The summed E-state index contributed by atoms with van der Waals surface area (Å²) >= 11 is 8.94. The van der Waals surface area contributed by atoms with Crippen LogP contribution in [-0.4, -0.2) is 15.2 Å². The highest BCUT2D eigenvalue weighted by Crippen LogP contribution is 2.43. The molecule has 0 radical (unpaired) electrons. The van der Waals surface area contributed by atoms with Gasteiger partial charge in [0.05, 0.1) is 17.3 Å². The summed E-state index contributed by atoms with van der Waals surface area (Å²) in [4.78, 5) is 6.43. The van der Waals surface area contributed by atoms with Crippen molar-refractivity contribution in [3.63, 3.8) is 0 Å². The molecule has 1 aliphatic heterocycles. The van der Waals surface area contributed by atoms with Gasteiger partial charge in [-0.05, 0) is 78.9 Å². The average Bonchev–Trinajstić information content (AvgIpc) is 3.39. The van der Waals surface area contributed by atoms with Crippen LogP contribution in [0.15, 0.2) is 87.9 Å². The van der Waals surface area contributed by atoms with Crippen LogP contribution in [0.3, 0.4) is 0 Å². The van der Waals surface area contributed by atoms with Crippen molar-refractivity contribution in [2.45, 2.75) is 12.1 Å². The van der Waals surface area contributed by atoms with Crippen molar-refractivity contribution >= 4 is 38.9 Å². The maximum Gasteiger partial charge on any atom is 0.174 e. The second kappa shape index (κ2) is 8.37. The molecule has 1 aliphatic rings. The van der Waals surface area contributed by atoms with E-state index in [1.807, 2.05) is 29.2 Å². The van der Waals surface area contributed by atoms with Crippen LogP contribution >= 0.6 is 28.1 Å². The number of phenols is 1. The average molecular weight is 510 g/mol. The Balaban J connectivity index is 1.60. The number of rotatable bonds is 4. The summed E-state index contributed by atoms with van der Waals surface area (Å²) in [6, 6.07) is 20.3. The molecule has 3 heterocycles. The van der Waals surface area contributed by atoms with Gasteiger partial charge in [-0.1, -0.05) is 22.0 Å². The molecule has 1 saturated heterocycles. The van der Waals surface area contributed by atoms with Crippen molar-refractivity contribution in [1.82, 2.24) is 10.3 Å². The number of pyridine rings is 1. The number of aromatic hydroxyl groups is 1. The molecule has 2 N–H and O–H groups in total. The highest BCUT2D eigenvalue weighted by Gasteiger charge is 2.42. The summed E-state index contributed by atoms with van der Waals surface area (Å²) in [5.41, 5.74) is 1.96. The van der Waals surface area contributed by atoms with Crippen LogP contribution in [0.25, 0.3) is 11.3 Å². The van der Waals surface area contributed by atoms with Crippen LogP contribution in [0.2, 0.25) is 0 Å². The number of nitrogens with one attached hydrogen (secondary N) is 1. The smallest absolute Gasteiger partial charge is 0.174 e. The maximum atomic E-state index is 14.5. The summed E-state index contributed by atoms with van der Waals surface area (Å²) in [6.07, 6.45) is 1.73. The fourth-order valence-corrected chi connectivity index (χ4v) is 4.56. The maximum absolute atomic E-state index is 14.5. The molecule has 160 valence electrons.